The van der Waals surface area contributed by atoms with Crippen LogP contribution in [0.1, 0.15) is 77.2 Å². The molecule has 0 radical (unpaired) electrons. The van der Waals surface area contributed by atoms with Crippen molar-refractivity contribution >= 4 is 43.3 Å². The van der Waals surface area contributed by atoms with E-state index in [1.807, 2.05) is 24.3 Å². The molecular weight excluding hydrogens is 497 g/mol. The second-order valence-electron chi connectivity index (χ2n) is 11.3. The Morgan fingerprint density at radius 3 is 2.24 bits per heavy atom. The fourth-order valence-corrected chi connectivity index (χ4v) is 7.39. The molecule has 0 spiro atoms. The Bertz CT molecular complexity index is 929. The van der Waals surface area contributed by atoms with Crippen LogP contribution in [0.25, 0.3) is 0 Å². The summed E-state index contributed by atoms with van der Waals surface area (Å²) in [5, 5.41) is 6.91. The lowest BCUT2D eigenvalue weighted by Gasteiger charge is -2.43. The van der Waals surface area contributed by atoms with E-state index in [-0.39, 0.29) is 17.2 Å². The van der Waals surface area contributed by atoms with E-state index in [0.717, 1.165) is 15.6 Å². The van der Waals surface area contributed by atoms with E-state index in [9.17, 15) is 0 Å². The molecule has 0 aliphatic heterocycles. The summed E-state index contributed by atoms with van der Waals surface area (Å²) < 4.78 is 7.19. The monoisotopic (exact) mass is 537 g/mol. The van der Waals surface area contributed by atoms with Gasteiger partial charge in [0.15, 0.2) is 8.32 Å². The van der Waals surface area contributed by atoms with Gasteiger partial charge in [-0.05, 0) is 71.6 Å². The van der Waals surface area contributed by atoms with Crippen LogP contribution in [-0.2, 0) is 4.43 Å². The smallest absolute Gasteiger partial charge is 0.193 e. The molecule has 6 heteroatoms. The number of halogens is 2. The van der Waals surface area contributed by atoms with Gasteiger partial charge in [-0.15, -0.1) is 0 Å². The zero-order chi connectivity index (χ0) is 25.1. The Balaban J connectivity index is 2.06. The molecule has 3 rings (SSSR count). The molecule has 0 bridgehead atoms. The van der Waals surface area contributed by atoms with Gasteiger partial charge in [-0.25, -0.2) is 0 Å². The lowest BCUT2D eigenvalue weighted by atomic mass is 9.94. The van der Waals surface area contributed by atoms with Crippen molar-refractivity contribution in [2.45, 2.75) is 101 Å². The normalized spacial score (nSPS) is 21.1. The molecule has 0 saturated heterocycles. The van der Waals surface area contributed by atoms with Crippen molar-refractivity contribution in [3.8, 4) is 0 Å². The van der Waals surface area contributed by atoms with Crippen LogP contribution in [-0.4, -0.2) is 24.9 Å². The molecule has 2 nitrogen and oxygen atoms in total. The van der Waals surface area contributed by atoms with E-state index in [4.69, 9.17) is 27.6 Å². The van der Waals surface area contributed by atoms with Crippen LogP contribution in [0.15, 0.2) is 48.5 Å². The van der Waals surface area contributed by atoms with Crippen LogP contribution in [0.2, 0.25) is 28.2 Å². The molecule has 0 heterocycles. The highest BCUT2D eigenvalue weighted by Crippen LogP contribution is 2.45. The SMILES string of the molecule is CC(C)SC1CCCC1NC(c1ccc(Cl)cc1)C(O[Si](C)(C)C(C)(C)C)c1cccc(Cl)c1. The summed E-state index contributed by atoms with van der Waals surface area (Å²) in [4.78, 5) is 0. The molecule has 0 amide bonds. The highest BCUT2D eigenvalue weighted by molar-refractivity contribution is 8.00. The Labute approximate surface area is 222 Å². The maximum Gasteiger partial charge on any atom is 0.193 e. The Morgan fingerprint density at radius 1 is 0.971 bits per heavy atom. The van der Waals surface area contributed by atoms with Crippen molar-refractivity contribution < 1.29 is 4.43 Å². The Kier molecular flexibility index (Phi) is 9.67. The van der Waals surface area contributed by atoms with Crippen LogP contribution in [0.3, 0.4) is 0 Å². The van der Waals surface area contributed by atoms with E-state index >= 15 is 0 Å². The van der Waals surface area contributed by atoms with Crippen molar-refractivity contribution in [3.63, 3.8) is 0 Å². The van der Waals surface area contributed by atoms with Gasteiger partial charge in [-0.1, -0.05) is 88.5 Å². The first kappa shape index (κ1) is 28.1. The van der Waals surface area contributed by atoms with E-state index in [2.05, 4.69) is 89.1 Å². The predicted octanol–water partition coefficient (Wildman–Crippen LogP) is 9.45. The molecule has 4 atom stereocenters. The molecule has 1 fully saturated rings. The Morgan fingerprint density at radius 2 is 1.65 bits per heavy atom. The first-order valence-corrected chi connectivity index (χ1v) is 17.1. The van der Waals surface area contributed by atoms with Gasteiger partial charge in [-0.3, -0.25) is 0 Å². The minimum absolute atomic E-state index is 0.00298. The van der Waals surface area contributed by atoms with Gasteiger partial charge >= 0.3 is 0 Å². The average Bonchev–Trinajstić information content (AvgIpc) is 3.16. The predicted molar refractivity (Wildman–Crippen MR) is 154 cm³/mol. The number of hydrogen-bond donors (Lipinski definition) is 1. The summed E-state index contributed by atoms with van der Waals surface area (Å²) in [5.41, 5.74) is 2.32. The van der Waals surface area contributed by atoms with Crippen LogP contribution < -0.4 is 5.32 Å². The first-order chi connectivity index (χ1) is 15.9. The van der Waals surface area contributed by atoms with E-state index in [1.54, 1.807) is 0 Å². The zero-order valence-electron chi connectivity index (χ0n) is 21.7. The largest absolute Gasteiger partial charge is 0.408 e. The topological polar surface area (TPSA) is 21.3 Å². The van der Waals surface area contributed by atoms with Crippen LogP contribution in [0, 0.1) is 0 Å². The summed E-state index contributed by atoms with van der Waals surface area (Å²) in [6.45, 7) is 16.1. The average molecular weight is 539 g/mol. The molecule has 1 aliphatic rings. The summed E-state index contributed by atoms with van der Waals surface area (Å²) >= 11 is 14.9. The fraction of sp³-hybridized carbons (Fsp3) is 0.571. The maximum atomic E-state index is 7.19. The van der Waals surface area contributed by atoms with Gasteiger partial charge in [0.05, 0.1) is 12.1 Å². The second kappa shape index (κ2) is 11.7. The van der Waals surface area contributed by atoms with Crippen LogP contribution in [0.4, 0.5) is 0 Å². The molecule has 1 saturated carbocycles. The van der Waals surface area contributed by atoms with Gasteiger partial charge in [0.2, 0.25) is 0 Å². The van der Waals surface area contributed by atoms with E-state index in [1.165, 1.54) is 24.8 Å². The maximum absolute atomic E-state index is 7.19. The molecule has 188 valence electrons. The Hall–Kier alpha value is -0.493. The molecule has 2 aromatic carbocycles. The lowest BCUT2D eigenvalue weighted by Crippen LogP contribution is -2.46. The molecule has 1 aliphatic carbocycles. The molecule has 34 heavy (non-hydrogen) atoms. The highest BCUT2D eigenvalue weighted by Gasteiger charge is 2.42. The third-order valence-corrected chi connectivity index (χ3v) is 13.6. The minimum atomic E-state index is -2.09. The number of nitrogens with one attached hydrogen (secondary N) is 1. The van der Waals surface area contributed by atoms with Gasteiger partial charge < -0.3 is 9.74 Å². The fourth-order valence-electron chi connectivity index (χ4n) is 4.39. The number of thioether (sulfide) groups is 1. The van der Waals surface area contributed by atoms with Crippen molar-refractivity contribution in [1.29, 1.82) is 0 Å². The van der Waals surface area contributed by atoms with Gasteiger partial charge in [0.25, 0.3) is 0 Å². The molecule has 0 aromatic heterocycles. The summed E-state index contributed by atoms with van der Waals surface area (Å²) in [6, 6.07) is 16.9. The molecule has 2 aromatic rings. The van der Waals surface area contributed by atoms with Crippen molar-refractivity contribution in [1.82, 2.24) is 5.32 Å². The summed E-state index contributed by atoms with van der Waals surface area (Å²) in [5.74, 6) is 0. The third kappa shape index (κ3) is 7.27. The van der Waals surface area contributed by atoms with E-state index in [0.29, 0.717) is 16.5 Å². The summed E-state index contributed by atoms with van der Waals surface area (Å²) in [7, 11) is -2.09. The number of benzene rings is 2. The minimum Gasteiger partial charge on any atom is -0.408 e. The van der Waals surface area contributed by atoms with Gasteiger partial charge in [-0.2, -0.15) is 11.8 Å². The number of hydrogen-bond acceptors (Lipinski definition) is 3. The van der Waals surface area contributed by atoms with Crippen molar-refractivity contribution in [3.05, 3.63) is 69.7 Å². The summed E-state index contributed by atoms with van der Waals surface area (Å²) in [6.07, 6.45) is 3.57. The van der Waals surface area contributed by atoms with Crippen LogP contribution in [0.5, 0.6) is 0 Å². The zero-order valence-corrected chi connectivity index (χ0v) is 25.0. The number of rotatable bonds is 9. The van der Waals surface area contributed by atoms with E-state index < -0.39 is 8.32 Å². The molecule has 4 unspecified atom stereocenters. The standard InChI is InChI=1S/C28H41Cl2NOSSi/c1-19(2)33-25-13-9-12-24(25)31-26(20-14-16-22(29)17-15-20)27(21-10-8-11-23(30)18-21)32-34(6,7)28(3,4)5/h8,10-11,14-19,24-27,31H,9,12-13H2,1-7H3. The molecular formula is C28H41Cl2NOSSi. The lowest BCUT2D eigenvalue weighted by molar-refractivity contribution is 0.130. The van der Waals surface area contributed by atoms with Gasteiger partial charge in [0, 0.05) is 21.3 Å². The highest BCUT2D eigenvalue weighted by atomic mass is 35.5. The molecule has 1 N–H and O–H groups in total. The van der Waals surface area contributed by atoms with Crippen molar-refractivity contribution in [2.24, 2.45) is 0 Å². The van der Waals surface area contributed by atoms with Crippen molar-refractivity contribution in [2.75, 3.05) is 0 Å². The van der Waals surface area contributed by atoms with Gasteiger partial charge in [0.1, 0.15) is 0 Å². The first-order valence-electron chi connectivity index (χ1n) is 12.5. The quantitative estimate of drug-likeness (QED) is 0.321. The van der Waals surface area contributed by atoms with Crippen LogP contribution >= 0.6 is 35.0 Å². The second-order valence-corrected chi connectivity index (χ2v) is 18.8. The third-order valence-electron chi connectivity index (χ3n) is 7.23.